The van der Waals surface area contributed by atoms with Crippen LogP contribution in [0.15, 0.2) is 35.4 Å². The van der Waals surface area contributed by atoms with Crippen molar-refractivity contribution in [1.82, 2.24) is 10.6 Å². The highest BCUT2D eigenvalue weighted by atomic mass is 16.5. The number of hydrogen-bond acceptors (Lipinski definition) is 5. The maximum Gasteiger partial charge on any atom is 0.408 e. The number of amides is 2. The molecule has 3 N–H and O–H groups in total. The molecule has 9 nitrogen and oxygen atoms in total. The number of carbonyl (C=O) groups excluding carboxylic acids is 2. The van der Waals surface area contributed by atoms with E-state index < -0.39 is 30.2 Å². The molecule has 0 aliphatic heterocycles. The van der Waals surface area contributed by atoms with E-state index in [9.17, 15) is 14.7 Å². The van der Waals surface area contributed by atoms with Gasteiger partial charge in [0.25, 0.3) is 0 Å². The van der Waals surface area contributed by atoms with Crippen molar-refractivity contribution in [3.8, 4) is 0 Å². The van der Waals surface area contributed by atoms with Crippen molar-refractivity contribution in [2.75, 3.05) is 6.54 Å². The molecule has 0 aliphatic rings. The Bertz CT molecular complexity index is 646. The molecular formula is C18H27N5O4. The van der Waals surface area contributed by atoms with Crippen molar-refractivity contribution in [2.24, 2.45) is 11.0 Å². The third kappa shape index (κ3) is 8.94. The van der Waals surface area contributed by atoms with Crippen molar-refractivity contribution < 1.29 is 19.4 Å². The maximum absolute atomic E-state index is 12.5. The molecule has 1 unspecified atom stereocenters. The first-order chi connectivity index (χ1) is 12.8. The van der Waals surface area contributed by atoms with Crippen LogP contribution in [0, 0.1) is 5.92 Å². The summed E-state index contributed by atoms with van der Waals surface area (Å²) in [7, 11) is 0. The number of ether oxygens (including phenoxy) is 1. The molecule has 0 fully saturated rings. The van der Waals surface area contributed by atoms with Gasteiger partial charge in [0.1, 0.15) is 12.6 Å². The number of nitrogens with zero attached hydrogens (tertiary/aromatic N) is 3. The van der Waals surface area contributed by atoms with E-state index in [1.807, 2.05) is 44.2 Å². The molecule has 0 saturated heterocycles. The second-order valence-electron chi connectivity index (χ2n) is 6.67. The Labute approximate surface area is 158 Å². The minimum Gasteiger partial charge on any atom is -0.445 e. The summed E-state index contributed by atoms with van der Waals surface area (Å²) in [5.74, 6) is -0.286. The first-order valence-electron chi connectivity index (χ1n) is 8.80. The summed E-state index contributed by atoms with van der Waals surface area (Å²) in [6, 6.07) is 7.77. The minimum absolute atomic E-state index is 0.101. The zero-order chi connectivity index (χ0) is 20.2. The smallest absolute Gasteiger partial charge is 0.408 e. The van der Waals surface area contributed by atoms with Gasteiger partial charge in [-0.05, 0) is 30.4 Å². The van der Waals surface area contributed by atoms with Crippen LogP contribution in [0.4, 0.5) is 4.79 Å². The third-order valence-electron chi connectivity index (χ3n) is 3.81. The Kier molecular flexibility index (Phi) is 9.71. The largest absolute Gasteiger partial charge is 0.445 e. The molecular weight excluding hydrogens is 350 g/mol. The fourth-order valence-corrected chi connectivity index (χ4v) is 2.31. The lowest BCUT2D eigenvalue weighted by atomic mass is 10.0. The van der Waals surface area contributed by atoms with E-state index in [4.69, 9.17) is 10.3 Å². The highest BCUT2D eigenvalue weighted by Gasteiger charge is 2.25. The molecule has 3 atom stereocenters. The quantitative estimate of drug-likeness (QED) is 0.328. The van der Waals surface area contributed by atoms with E-state index in [2.05, 4.69) is 20.7 Å². The molecule has 1 rings (SSSR count). The third-order valence-corrected chi connectivity index (χ3v) is 3.81. The fourth-order valence-electron chi connectivity index (χ4n) is 2.31. The van der Waals surface area contributed by atoms with Gasteiger partial charge in [-0.25, -0.2) is 4.79 Å². The molecule has 9 heteroatoms. The molecule has 0 heterocycles. The Morgan fingerprint density at radius 2 is 1.89 bits per heavy atom. The van der Waals surface area contributed by atoms with E-state index in [1.54, 1.807) is 6.92 Å². The van der Waals surface area contributed by atoms with E-state index in [0.717, 1.165) is 5.56 Å². The van der Waals surface area contributed by atoms with Gasteiger partial charge in [0.15, 0.2) is 0 Å². The fraction of sp³-hybridized carbons (Fsp3) is 0.556. The minimum atomic E-state index is -1.02. The van der Waals surface area contributed by atoms with E-state index in [-0.39, 0.29) is 19.1 Å². The predicted octanol–water partition coefficient (Wildman–Crippen LogP) is 2.50. The van der Waals surface area contributed by atoms with Crippen LogP contribution in [0.25, 0.3) is 10.4 Å². The van der Waals surface area contributed by atoms with E-state index in [0.29, 0.717) is 6.42 Å². The molecule has 27 heavy (non-hydrogen) atoms. The summed E-state index contributed by atoms with van der Waals surface area (Å²) in [6.45, 7) is 5.40. The van der Waals surface area contributed by atoms with Crippen molar-refractivity contribution in [3.05, 3.63) is 46.3 Å². The van der Waals surface area contributed by atoms with Gasteiger partial charge in [0, 0.05) is 4.91 Å². The second-order valence-corrected chi connectivity index (χ2v) is 6.67. The molecule has 0 bridgehead atoms. The summed E-state index contributed by atoms with van der Waals surface area (Å²) in [4.78, 5) is 27.1. The molecule has 2 amide bonds. The summed E-state index contributed by atoms with van der Waals surface area (Å²) in [5.41, 5.74) is 9.14. The first-order valence-corrected chi connectivity index (χ1v) is 8.80. The van der Waals surface area contributed by atoms with Crippen LogP contribution in [0.1, 0.15) is 32.8 Å². The number of rotatable bonds is 10. The Morgan fingerprint density at radius 3 is 2.48 bits per heavy atom. The standard InChI is InChI=1S/C18H27N5O4/c1-12(2)9-15(17(25)21-13(3)16(24)10-20-23-19)22-18(26)27-11-14-7-5-4-6-8-14/h4-8,12-13,15-16,24H,9-11H2,1-3H3,(H,21,25)(H,22,26)/t13-,15-,16?/m0/s1. The van der Waals surface area contributed by atoms with Gasteiger partial charge in [-0.1, -0.05) is 49.3 Å². The van der Waals surface area contributed by atoms with Crippen molar-refractivity contribution in [1.29, 1.82) is 0 Å². The topological polar surface area (TPSA) is 136 Å². The first kappa shape index (κ1) is 22.3. The van der Waals surface area contributed by atoms with Gasteiger partial charge in [0.05, 0.1) is 18.7 Å². The van der Waals surface area contributed by atoms with Gasteiger partial charge in [0.2, 0.25) is 5.91 Å². The monoisotopic (exact) mass is 377 g/mol. The molecule has 148 valence electrons. The summed E-state index contributed by atoms with van der Waals surface area (Å²) in [5, 5.41) is 18.3. The number of hydrogen-bond donors (Lipinski definition) is 3. The van der Waals surface area contributed by atoms with Gasteiger partial charge in [-0.15, -0.1) is 0 Å². The molecule has 1 aromatic rings. The zero-order valence-electron chi connectivity index (χ0n) is 15.8. The van der Waals surface area contributed by atoms with Crippen molar-refractivity contribution in [2.45, 2.75) is 52.0 Å². The van der Waals surface area contributed by atoms with Gasteiger partial charge in [-0.2, -0.15) is 0 Å². The van der Waals surface area contributed by atoms with E-state index >= 15 is 0 Å². The summed E-state index contributed by atoms with van der Waals surface area (Å²) >= 11 is 0. The van der Waals surface area contributed by atoms with Gasteiger partial charge < -0.3 is 20.5 Å². The lowest BCUT2D eigenvalue weighted by Gasteiger charge is -2.24. The Balaban J connectivity index is 2.60. The van der Waals surface area contributed by atoms with Crippen LogP contribution in [0.2, 0.25) is 0 Å². The van der Waals surface area contributed by atoms with Crippen LogP contribution >= 0.6 is 0 Å². The zero-order valence-corrected chi connectivity index (χ0v) is 15.8. The number of carbonyl (C=O) groups is 2. The molecule has 0 aromatic heterocycles. The average molecular weight is 377 g/mol. The molecule has 0 spiro atoms. The lowest BCUT2D eigenvalue weighted by Crippen LogP contribution is -2.52. The lowest BCUT2D eigenvalue weighted by molar-refractivity contribution is -0.124. The normalized spacial score (nSPS) is 13.8. The average Bonchev–Trinajstić information content (AvgIpc) is 2.64. The van der Waals surface area contributed by atoms with Crippen LogP contribution in [-0.4, -0.2) is 41.8 Å². The molecule has 1 aromatic carbocycles. The van der Waals surface area contributed by atoms with Gasteiger partial charge in [-0.3, -0.25) is 4.79 Å². The molecule has 0 saturated carbocycles. The number of benzene rings is 1. The van der Waals surface area contributed by atoms with E-state index in [1.165, 1.54) is 0 Å². The van der Waals surface area contributed by atoms with Crippen LogP contribution in [0.3, 0.4) is 0 Å². The summed E-state index contributed by atoms with van der Waals surface area (Å²) < 4.78 is 5.16. The van der Waals surface area contributed by atoms with Crippen molar-refractivity contribution in [3.63, 3.8) is 0 Å². The number of nitrogens with one attached hydrogen (secondary N) is 2. The number of aliphatic hydroxyl groups is 1. The molecule has 0 radical (unpaired) electrons. The van der Waals surface area contributed by atoms with Crippen LogP contribution in [-0.2, 0) is 16.1 Å². The Hall–Kier alpha value is -2.77. The van der Waals surface area contributed by atoms with Crippen molar-refractivity contribution >= 4 is 12.0 Å². The predicted molar refractivity (Wildman–Crippen MR) is 101 cm³/mol. The van der Waals surface area contributed by atoms with Crippen LogP contribution in [0.5, 0.6) is 0 Å². The van der Waals surface area contributed by atoms with Crippen LogP contribution < -0.4 is 10.6 Å². The SMILES string of the molecule is CC(C)C[C@H](NC(=O)OCc1ccccc1)C(=O)N[C@@H](C)C(O)CN=[N+]=[N-]. The maximum atomic E-state index is 12.5. The number of azide groups is 1. The number of alkyl carbamates (subject to hydrolysis) is 1. The van der Waals surface area contributed by atoms with Gasteiger partial charge >= 0.3 is 6.09 Å². The Morgan fingerprint density at radius 1 is 1.22 bits per heavy atom. The second kappa shape index (κ2) is 11.8. The number of aliphatic hydroxyl groups excluding tert-OH is 1. The summed E-state index contributed by atoms with van der Waals surface area (Å²) in [6.07, 6.45) is -1.30. The highest BCUT2D eigenvalue weighted by Crippen LogP contribution is 2.07. The molecule has 0 aliphatic carbocycles. The highest BCUT2D eigenvalue weighted by molar-refractivity contribution is 5.85.